The number of amides is 3. The highest BCUT2D eigenvalue weighted by atomic mass is 16.2. The molecule has 3 amide bonds. The van der Waals surface area contributed by atoms with E-state index in [0.717, 1.165) is 28.0 Å². The number of hydrogen-bond donors (Lipinski definition) is 1. The number of aryl methyl sites for hydroxylation is 3. The summed E-state index contributed by atoms with van der Waals surface area (Å²) >= 11 is 0. The number of urea groups is 1. The Hall–Kier alpha value is -3.41. The molecular weight excluding hydrogens is 376 g/mol. The van der Waals surface area contributed by atoms with E-state index in [1.54, 1.807) is 28.3 Å². The number of rotatable bonds is 5. The fourth-order valence-corrected chi connectivity index (χ4v) is 4.24. The summed E-state index contributed by atoms with van der Waals surface area (Å²) < 4.78 is 0. The number of carbonyl (C=O) groups excluding carboxylic acids is 2. The van der Waals surface area contributed by atoms with Gasteiger partial charge in [0.25, 0.3) is 5.91 Å². The third-order valence-electron chi connectivity index (χ3n) is 5.90. The van der Waals surface area contributed by atoms with Crippen molar-refractivity contribution >= 4 is 11.9 Å². The summed E-state index contributed by atoms with van der Waals surface area (Å²) in [6.07, 6.45) is 5.16. The molecule has 2 aliphatic rings. The smallest absolute Gasteiger partial charge is 0.322 e. The fourth-order valence-electron chi connectivity index (χ4n) is 4.24. The lowest BCUT2D eigenvalue weighted by atomic mass is 9.90. The molecule has 2 aromatic rings. The zero-order valence-corrected chi connectivity index (χ0v) is 17.6. The molecule has 1 atom stereocenters. The molecule has 154 valence electrons. The van der Waals surface area contributed by atoms with Crippen molar-refractivity contribution in [3.8, 4) is 0 Å². The molecule has 6 heteroatoms. The van der Waals surface area contributed by atoms with Crippen LogP contribution in [0.5, 0.6) is 0 Å². The molecule has 2 aliphatic heterocycles. The van der Waals surface area contributed by atoms with Gasteiger partial charge in [0.05, 0.1) is 23.9 Å². The van der Waals surface area contributed by atoms with Crippen molar-refractivity contribution in [3.05, 3.63) is 88.4 Å². The van der Waals surface area contributed by atoms with Crippen LogP contribution in [0.1, 0.15) is 33.9 Å². The minimum atomic E-state index is -0.459. The average molecular weight is 402 g/mol. The van der Waals surface area contributed by atoms with Gasteiger partial charge in [-0.1, -0.05) is 24.3 Å². The first-order chi connectivity index (χ1) is 14.4. The molecule has 0 saturated carbocycles. The molecule has 1 N–H and O–H groups in total. The van der Waals surface area contributed by atoms with Gasteiger partial charge in [-0.3, -0.25) is 14.7 Å². The molecule has 3 heterocycles. The standard InChI is InChI=1S/C24H26N4O2/c1-5-9-28-20-14-27(13-18-7-6-8-25-12-18)23(29)21(20)22(26-24(28)30)19-11-16(3)15(2)10-17(19)4/h5-8,10-12,22H,1,9,13-14H2,2-4H3,(H,26,30). The fraction of sp³-hybridized carbons (Fsp3) is 0.292. The number of nitrogens with zero attached hydrogens (tertiary/aromatic N) is 3. The van der Waals surface area contributed by atoms with Crippen LogP contribution in [0.4, 0.5) is 4.79 Å². The van der Waals surface area contributed by atoms with Gasteiger partial charge in [0, 0.05) is 25.5 Å². The van der Waals surface area contributed by atoms with E-state index < -0.39 is 6.04 Å². The van der Waals surface area contributed by atoms with Gasteiger partial charge in [0.2, 0.25) is 0 Å². The van der Waals surface area contributed by atoms with Gasteiger partial charge in [0.15, 0.2) is 0 Å². The summed E-state index contributed by atoms with van der Waals surface area (Å²) in [6, 6.07) is 7.35. The van der Waals surface area contributed by atoms with Crippen LogP contribution in [-0.2, 0) is 11.3 Å². The maximum atomic E-state index is 13.5. The molecule has 1 aromatic carbocycles. The van der Waals surface area contributed by atoms with E-state index in [0.29, 0.717) is 25.2 Å². The van der Waals surface area contributed by atoms with Gasteiger partial charge < -0.3 is 10.2 Å². The summed E-state index contributed by atoms with van der Waals surface area (Å²) in [4.78, 5) is 34.0. The van der Waals surface area contributed by atoms with E-state index in [1.165, 1.54) is 5.56 Å². The SMILES string of the molecule is C=CCN1C(=O)NC(c2cc(C)c(C)cc2C)C2=C1CN(Cc1cccnc1)C2=O. The second-order valence-electron chi connectivity index (χ2n) is 7.96. The van der Waals surface area contributed by atoms with Crippen molar-refractivity contribution in [2.75, 3.05) is 13.1 Å². The van der Waals surface area contributed by atoms with Crippen LogP contribution >= 0.6 is 0 Å². The van der Waals surface area contributed by atoms with Crippen LogP contribution in [-0.4, -0.2) is 39.8 Å². The molecule has 0 bridgehead atoms. The molecule has 30 heavy (non-hydrogen) atoms. The highest BCUT2D eigenvalue weighted by Gasteiger charge is 2.44. The van der Waals surface area contributed by atoms with E-state index in [4.69, 9.17) is 0 Å². The van der Waals surface area contributed by atoms with E-state index in [9.17, 15) is 9.59 Å². The Morgan fingerprint density at radius 2 is 1.97 bits per heavy atom. The van der Waals surface area contributed by atoms with Crippen molar-refractivity contribution in [3.63, 3.8) is 0 Å². The summed E-state index contributed by atoms with van der Waals surface area (Å²) in [6.45, 7) is 11.1. The Morgan fingerprint density at radius 3 is 2.67 bits per heavy atom. The Bertz CT molecular complexity index is 1060. The Balaban J connectivity index is 1.76. The second kappa shape index (κ2) is 7.78. The number of hydrogen-bond acceptors (Lipinski definition) is 3. The van der Waals surface area contributed by atoms with Crippen LogP contribution in [0.2, 0.25) is 0 Å². The van der Waals surface area contributed by atoms with Crippen LogP contribution < -0.4 is 5.32 Å². The van der Waals surface area contributed by atoms with Crippen molar-refractivity contribution in [1.29, 1.82) is 0 Å². The molecule has 1 aromatic heterocycles. The van der Waals surface area contributed by atoms with E-state index in [1.807, 2.05) is 26.0 Å². The maximum Gasteiger partial charge on any atom is 0.322 e. The average Bonchev–Trinajstić information content (AvgIpc) is 3.04. The number of nitrogens with one attached hydrogen (secondary N) is 1. The van der Waals surface area contributed by atoms with Gasteiger partial charge in [-0.05, 0) is 54.7 Å². The maximum absolute atomic E-state index is 13.5. The van der Waals surface area contributed by atoms with Gasteiger partial charge in [-0.25, -0.2) is 4.79 Å². The normalized spacial score (nSPS) is 18.6. The second-order valence-corrected chi connectivity index (χ2v) is 7.96. The van der Waals surface area contributed by atoms with Crippen LogP contribution in [0.3, 0.4) is 0 Å². The predicted molar refractivity (Wildman–Crippen MR) is 116 cm³/mol. The zero-order valence-electron chi connectivity index (χ0n) is 17.6. The largest absolute Gasteiger partial charge is 0.329 e. The van der Waals surface area contributed by atoms with Crippen molar-refractivity contribution in [2.45, 2.75) is 33.4 Å². The minimum absolute atomic E-state index is 0.0504. The lowest BCUT2D eigenvalue weighted by Gasteiger charge is -2.33. The Labute approximate surface area is 176 Å². The van der Waals surface area contributed by atoms with Crippen LogP contribution in [0, 0.1) is 20.8 Å². The van der Waals surface area contributed by atoms with Crippen molar-refractivity contribution in [1.82, 2.24) is 20.1 Å². The number of aromatic nitrogens is 1. The molecule has 0 saturated heterocycles. The van der Waals surface area contributed by atoms with Crippen molar-refractivity contribution < 1.29 is 9.59 Å². The van der Waals surface area contributed by atoms with E-state index >= 15 is 0 Å². The van der Waals surface area contributed by atoms with E-state index in [2.05, 4.69) is 35.9 Å². The lowest BCUT2D eigenvalue weighted by Crippen LogP contribution is -2.47. The van der Waals surface area contributed by atoms with Gasteiger partial charge in [-0.15, -0.1) is 6.58 Å². The van der Waals surface area contributed by atoms with E-state index in [-0.39, 0.29) is 11.9 Å². The molecular formula is C24H26N4O2. The molecule has 1 unspecified atom stereocenters. The number of carbonyl (C=O) groups is 2. The number of pyridine rings is 1. The minimum Gasteiger partial charge on any atom is -0.329 e. The zero-order chi connectivity index (χ0) is 21.4. The third-order valence-corrected chi connectivity index (χ3v) is 5.90. The third kappa shape index (κ3) is 3.38. The molecule has 4 rings (SSSR count). The van der Waals surface area contributed by atoms with Gasteiger partial charge in [0.1, 0.15) is 0 Å². The van der Waals surface area contributed by atoms with Crippen LogP contribution in [0.25, 0.3) is 0 Å². The topological polar surface area (TPSA) is 65.5 Å². The summed E-state index contributed by atoms with van der Waals surface area (Å²) in [5, 5.41) is 3.06. The Morgan fingerprint density at radius 1 is 1.20 bits per heavy atom. The molecule has 0 fully saturated rings. The summed E-state index contributed by atoms with van der Waals surface area (Å²) in [7, 11) is 0. The predicted octanol–water partition coefficient (Wildman–Crippen LogP) is 3.56. The van der Waals surface area contributed by atoms with Crippen LogP contribution in [0.15, 0.2) is 60.6 Å². The lowest BCUT2D eigenvalue weighted by molar-refractivity contribution is -0.126. The van der Waals surface area contributed by atoms with Gasteiger partial charge >= 0.3 is 6.03 Å². The highest BCUT2D eigenvalue weighted by Crippen LogP contribution is 2.38. The first kappa shape index (κ1) is 19.9. The quantitative estimate of drug-likeness (QED) is 0.778. The van der Waals surface area contributed by atoms with Gasteiger partial charge in [-0.2, -0.15) is 0 Å². The van der Waals surface area contributed by atoms with Crippen molar-refractivity contribution in [2.24, 2.45) is 0 Å². The summed E-state index contributed by atoms with van der Waals surface area (Å²) in [5.41, 5.74) is 6.72. The monoisotopic (exact) mass is 402 g/mol. The Kier molecular flexibility index (Phi) is 5.16. The first-order valence-electron chi connectivity index (χ1n) is 10.1. The molecule has 0 spiro atoms. The molecule has 0 aliphatic carbocycles. The highest BCUT2D eigenvalue weighted by molar-refractivity contribution is 6.01. The first-order valence-corrected chi connectivity index (χ1v) is 10.1. The summed E-state index contributed by atoms with van der Waals surface area (Å²) in [5.74, 6) is -0.0504. The molecule has 0 radical (unpaired) electrons. The molecule has 6 nitrogen and oxygen atoms in total. The number of benzene rings is 1.